The fraction of sp³-hybridized carbons (Fsp3) is 0.296. The fourth-order valence-electron chi connectivity index (χ4n) is 4.07. The zero-order valence-corrected chi connectivity index (χ0v) is 21.8. The molecule has 10 heteroatoms. The Balaban J connectivity index is 1.13. The predicted octanol–water partition coefficient (Wildman–Crippen LogP) is 6.05. The van der Waals surface area contributed by atoms with Crippen LogP contribution in [0.3, 0.4) is 0 Å². The van der Waals surface area contributed by atoms with E-state index in [1.165, 1.54) is 0 Å². The van der Waals surface area contributed by atoms with E-state index in [1.807, 2.05) is 51.1 Å². The molecule has 0 spiro atoms. The van der Waals surface area contributed by atoms with Gasteiger partial charge in [0.25, 0.3) is 0 Å². The van der Waals surface area contributed by atoms with E-state index in [0.717, 1.165) is 51.5 Å². The molecule has 0 saturated heterocycles. The summed E-state index contributed by atoms with van der Waals surface area (Å²) in [6, 6.07) is 15.4. The molecule has 1 aromatic carbocycles. The number of amides is 2. The number of carbonyl (C=O) groups excluding carboxylic acids is 1. The van der Waals surface area contributed by atoms with Gasteiger partial charge in [-0.05, 0) is 48.7 Å². The first-order valence-corrected chi connectivity index (χ1v) is 13.1. The van der Waals surface area contributed by atoms with Crippen molar-refractivity contribution in [1.29, 1.82) is 0 Å². The van der Waals surface area contributed by atoms with Crippen LogP contribution in [0.25, 0.3) is 26.3 Å². The number of hydrogen-bond acceptors (Lipinski definition) is 7. The Morgan fingerprint density at radius 3 is 2.57 bits per heavy atom. The molecule has 4 aromatic heterocycles. The molecule has 4 heterocycles. The molecule has 9 nitrogen and oxygen atoms in total. The van der Waals surface area contributed by atoms with Crippen molar-refractivity contribution in [2.75, 3.05) is 22.5 Å². The summed E-state index contributed by atoms with van der Waals surface area (Å²) in [4.78, 5) is 19.3. The van der Waals surface area contributed by atoms with Gasteiger partial charge in [0.05, 0.1) is 5.52 Å². The van der Waals surface area contributed by atoms with E-state index in [9.17, 15) is 4.79 Å². The average molecular weight is 516 g/mol. The van der Waals surface area contributed by atoms with Crippen molar-refractivity contribution < 1.29 is 9.32 Å². The highest BCUT2D eigenvalue weighted by molar-refractivity contribution is 7.23. The second kappa shape index (κ2) is 8.60. The van der Waals surface area contributed by atoms with Crippen LogP contribution in [-0.2, 0) is 5.41 Å². The van der Waals surface area contributed by atoms with Crippen molar-refractivity contribution in [2.45, 2.75) is 44.6 Å². The summed E-state index contributed by atoms with van der Waals surface area (Å²) in [5.41, 5.74) is 9.85. The van der Waals surface area contributed by atoms with Gasteiger partial charge in [0.15, 0.2) is 5.82 Å². The minimum atomic E-state index is -0.377. The Labute approximate surface area is 218 Å². The minimum absolute atomic E-state index is 0.0595. The van der Waals surface area contributed by atoms with E-state index in [1.54, 1.807) is 17.4 Å². The van der Waals surface area contributed by atoms with Crippen LogP contribution in [0.1, 0.15) is 39.4 Å². The number of anilines is 3. The van der Waals surface area contributed by atoms with E-state index in [-0.39, 0.29) is 17.0 Å². The smallest absolute Gasteiger partial charge is 0.324 e. The first-order valence-electron chi connectivity index (χ1n) is 12.3. The number of carbonyl (C=O) groups is 1. The van der Waals surface area contributed by atoms with Crippen molar-refractivity contribution in [3.63, 3.8) is 0 Å². The normalized spacial score (nSPS) is 14.7. The lowest BCUT2D eigenvalue weighted by Gasteiger charge is -2.12. The summed E-state index contributed by atoms with van der Waals surface area (Å²) < 4.78 is 7.48. The molecule has 1 aliphatic rings. The van der Waals surface area contributed by atoms with Gasteiger partial charge in [0, 0.05) is 41.0 Å². The van der Waals surface area contributed by atoms with Crippen LogP contribution >= 0.6 is 11.3 Å². The summed E-state index contributed by atoms with van der Waals surface area (Å²) in [6.07, 6.45) is 4.26. The summed E-state index contributed by atoms with van der Waals surface area (Å²) in [5.74, 6) is 1.95. The Hall–Kier alpha value is -3.89. The third-order valence-corrected chi connectivity index (χ3v) is 7.58. The Morgan fingerprint density at radius 1 is 1.08 bits per heavy atom. The Bertz CT molecular complexity index is 1600. The maximum Gasteiger partial charge on any atom is 0.324 e. The fourth-order valence-corrected chi connectivity index (χ4v) is 5.12. The zero-order valence-electron chi connectivity index (χ0n) is 21.0. The highest BCUT2D eigenvalue weighted by Gasteiger charge is 2.37. The lowest BCUT2D eigenvalue weighted by Crippen LogP contribution is -2.31. The molecule has 37 heavy (non-hydrogen) atoms. The standard InChI is InChI=1S/C27H29N7O2S/c1-26(2,3)20-13-22(33-36-20)32-25(35)30-18-6-4-16(5-7-18)17-12-23-34(14-17)19-8-9-21(31-24(19)37-23)29-15-27(28)10-11-27/h4-9,12-14H,10-11,15,28H2,1-3H3,(H,29,31)(H2,30,32,33,35). The van der Waals surface area contributed by atoms with Gasteiger partial charge < -0.3 is 25.3 Å². The number of fused-ring (bicyclic) bond motifs is 3. The monoisotopic (exact) mass is 515 g/mol. The van der Waals surface area contributed by atoms with Crippen molar-refractivity contribution >= 4 is 49.9 Å². The molecule has 0 atom stereocenters. The lowest BCUT2D eigenvalue weighted by molar-refractivity contribution is 0.262. The van der Waals surface area contributed by atoms with Crippen LogP contribution < -0.4 is 21.7 Å². The van der Waals surface area contributed by atoms with Gasteiger partial charge in [-0.3, -0.25) is 5.32 Å². The van der Waals surface area contributed by atoms with Crippen LogP contribution in [0.5, 0.6) is 0 Å². The first kappa shape index (κ1) is 23.5. The number of urea groups is 1. The molecular weight excluding hydrogens is 486 g/mol. The van der Waals surface area contributed by atoms with Crippen LogP contribution in [0.2, 0.25) is 0 Å². The molecular formula is C27H29N7O2S. The molecule has 1 fully saturated rings. The Morgan fingerprint density at radius 2 is 1.86 bits per heavy atom. The van der Waals surface area contributed by atoms with Gasteiger partial charge in [0.2, 0.25) is 0 Å². The van der Waals surface area contributed by atoms with Crippen molar-refractivity contribution in [3.8, 4) is 11.1 Å². The topological polar surface area (TPSA) is 123 Å². The van der Waals surface area contributed by atoms with Gasteiger partial charge in [-0.2, -0.15) is 0 Å². The average Bonchev–Trinajstić information content (AvgIpc) is 3.19. The number of pyridine rings is 1. The van der Waals surface area contributed by atoms with Crippen molar-refractivity contribution in [3.05, 3.63) is 60.5 Å². The molecule has 5 N–H and O–H groups in total. The highest BCUT2D eigenvalue weighted by Crippen LogP contribution is 2.34. The third-order valence-electron chi connectivity index (χ3n) is 6.57. The molecule has 0 aliphatic heterocycles. The van der Waals surface area contributed by atoms with Crippen molar-refractivity contribution in [1.82, 2.24) is 14.5 Å². The van der Waals surface area contributed by atoms with Gasteiger partial charge in [-0.1, -0.05) is 49.4 Å². The number of nitrogens with zero attached hydrogens (tertiary/aromatic N) is 3. The summed E-state index contributed by atoms with van der Waals surface area (Å²) >= 11 is 1.66. The predicted molar refractivity (Wildman–Crippen MR) is 148 cm³/mol. The minimum Gasteiger partial charge on any atom is -0.368 e. The number of rotatable bonds is 6. The van der Waals surface area contributed by atoms with E-state index in [4.69, 9.17) is 15.2 Å². The van der Waals surface area contributed by atoms with Crippen LogP contribution in [-0.4, -0.2) is 32.7 Å². The van der Waals surface area contributed by atoms with E-state index >= 15 is 0 Å². The summed E-state index contributed by atoms with van der Waals surface area (Å²) in [6.45, 7) is 6.82. The largest absolute Gasteiger partial charge is 0.368 e. The second-order valence-corrected chi connectivity index (χ2v) is 11.8. The summed E-state index contributed by atoms with van der Waals surface area (Å²) in [5, 5.41) is 12.8. The lowest BCUT2D eigenvalue weighted by atomic mass is 9.93. The van der Waals surface area contributed by atoms with Gasteiger partial charge in [-0.25, -0.2) is 9.78 Å². The SMILES string of the molecule is CC(C)(C)c1cc(NC(=O)Nc2ccc(-c3cc4sc5nc(NCC6(N)CC6)ccc5n4c3)cc2)no1. The van der Waals surface area contributed by atoms with Gasteiger partial charge >= 0.3 is 6.03 Å². The number of aromatic nitrogens is 3. The highest BCUT2D eigenvalue weighted by atomic mass is 32.1. The van der Waals surface area contributed by atoms with E-state index in [2.05, 4.69) is 43.8 Å². The maximum atomic E-state index is 12.4. The molecule has 6 rings (SSSR count). The number of nitrogens with one attached hydrogen (secondary N) is 3. The Kier molecular flexibility index (Phi) is 5.46. The molecule has 5 aromatic rings. The molecule has 2 amide bonds. The molecule has 0 bridgehead atoms. The molecule has 1 saturated carbocycles. The first-order chi connectivity index (χ1) is 17.6. The summed E-state index contributed by atoms with van der Waals surface area (Å²) in [7, 11) is 0. The van der Waals surface area contributed by atoms with Gasteiger partial charge in [-0.15, -0.1) is 0 Å². The number of thiazole rings is 1. The molecule has 0 unspecified atom stereocenters. The second-order valence-electron chi connectivity index (χ2n) is 10.8. The maximum absolute atomic E-state index is 12.4. The van der Waals surface area contributed by atoms with E-state index in [0.29, 0.717) is 17.3 Å². The number of hydrogen-bond donors (Lipinski definition) is 4. The van der Waals surface area contributed by atoms with Crippen molar-refractivity contribution in [2.24, 2.45) is 5.73 Å². The van der Waals surface area contributed by atoms with E-state index < -0.39 is 0 Å². The molecule has 0 radical (unpaired) electrons. The molecule has 1 aliphatic carbocycles. The number of nitrogens with two attached hydrogens (primary N) is 1. The zero-order chi connectivity index (χ0) is 25.8. The quantitative estimate of drug-likeness (QED) is 0.218. The number of benzene rings is 1. The van der Waals surface area contributed by atoms with Gasteiger partial charge in [0.1, 0.15) is 21.2 Å². The van der Waals surface area contributed by atoms with Crippen LogP contribution in [0.15, 0.2) is 59.3 Å². The van der Waals surface area contributed by atoms with Crippen LogP contribution in [0, 0.1) is 0 Å². The molecule has 190 valence electrons. The van der Waals surface area contributed by atoms with Crippen LogP contribution in [0.4, 0.5) is 22.1 Å². The third kappa shape index (κ3) is 4.90.